The highest BCUT2D eigenvalue weighted by atomic mass is 35.5. The number of fused-ring (bicyclic) bond motifs is 1. The smallest absolute Gasteiger partial charge is 0.231 e. The lowest BCUT2D eigenvalue weighted by Crippen LogP contribution is -2.02. The van der Waals surface area contributed by atoms with Crippen molar-refractivity contribution in [1.82, 2.24) is 9.97 Å². The molecule has 0 radical (unpaired) electrons. The first-order valence-electron chi connectivity index (χ1n) is 5.41. The second kappa shape index (κ2) is 4.70. The average Bonchev–Trinajstić information content (AvgIpc) is 2.84. The number of anilines is 1. The molecule has 18 heavy (non-hydrogen) atoms. The maximum absolute atomic E-state index is 6.14. The maximum atomic E-state index is 6.14. The highest BCUT2D eigenvalue weighted by molar-refractivity contribution is 6.33. The molecule has 2 aromatic rings. The zero-order chi connectivity index (χ0) is 12.4. The van der Waals surface area contributed by atoms with Crippen LogP contribution in [0.3, 0.4) is 0 Å². The SMILES string of the molecule is Clc1cc2c(cc1NCc1ccncn1)OCO2. The van der Waals surface area contributed by atoms with Crippen LogP contribution in [0.2, 0.25) is 5.02 Å². The minimum absolute atomic E-state index is 0.237. The fraction of sp³-hybridized carbons (Fsp3) is 0.167. The summed E-state index contributed by atoms with van der Waals surface area (Å²) in [6.07, 6.45) is 3.21. The van der Waals surface area contributed by atoms with Crippen molar-refractivity contribution >= 4 is 17.3 Å². The zero-order valence-electron chi connectivity index (χ0n) is 9.39. The van der Waals surface area contributed by atoms with E-state index >= 15 is 0 Å². The van der Waals surface area contributed by atoms with Crippen LogP contribution in [0.4, 0.5) is 5.69 Å². The van der Waals surface area contributed by atoms with Gasteiger partial charge in [0, 0.05) is 18.3 Å². The minimum Gasteiger partial charge on any atom is -0.454 e. The van der Waals surface area contributed by atoms with Gasteiger partial charge < -0.3 is 14.8 Å². The molecule has 0 atom stereocenters. The first-order valence-corrected chi connectivity index (χ1v) is 5.78. The Kier molecular flexibility index (Phi) is 2.90. The van der Waals surface area contributed by atoms with Crippen LogP contribution in [0.1, 0.15) is 5.69 Å². The molecule has 0 fully saturated rings. The Balaban J connectivity index is 1.77. The van der Waals surface area contributed by atoms with Crippen molar-refractivity contribution in [2.24, 2.45) is 0 Å². The van der Waals surface area contributed by atoms with Crippen LogP contribution in [-0.2, 0) is 6.54 Å². The van der Waals surface area contributed by atoms with Gasteiger partial charge in [-0.15, -0.1) is 0 Å². The van der Waals surface area contributed by atoms with Gasteiger partial charge in [0.1, 0.15) is 6.33 Å². The van der Waals surface area contributed by atoms with Crippen molar-refractivity contribution < 1.29 is 9.47 Å². The van der Waals surface area contributed by atoms with Gasteiger partial charge in [0.05, 0.1) is 22.9 Å². The Bertz CT molecular complexity index is 563. The number of hydrogen-bond acceptors (Lipinski definition) is 5. The van der Waals surface area contributed by atoms with Crippen molar-refractivity contribution in [2.45, 2.75) is 6.54 Å². The third kappa shape index (κ3) is 2.17. The van der Waals surface area contributed by atoms with Crippen molar-refractivity contribution in [3.63, 3.8) is 0 Å². The molecule has 1 aromatic heterocycles. The Morgan fingerprint density at radius 2 is 2.11 bits per heavy atom. The standard InChI is InChI=1S/C12H10ClN3O2/c13-9-3-11-12(18-7-17-11)4-10(9)15-5-8-1-2-14-6-16-8/h1-4,6,15H,5,7H2. The molecule has 0 saturated heterocycles. The highest BCUT2D eigenvalue weighted by Gasteiger charge is 2.16. The Morgan fingerprint density at radius 3 is 2.89 bits per heavy atom. The maximum Gasteiger partial charge on any atom is 0.231 e. The molecule has 1 N–H and O–H groups in total. The van der Waals surface area contributed by atoms with Gasteiger partial charge in [0.15, 0.2) is 11.5 Å². The van der Waals surface area contributed by atoms with E-state index in [0.717, 1.165) is 11.4 Å². The van der Waals surface area contributed by atoms with Gasteiger partial charge in [0.25, 0.3) is 0 Å². The molecule has 3 rings (SSSR count). The molecule has 1 aliphatic rings. The summed E-state index contributed by atoms with van der Waals surface area (Å²) >= 11 is 6.14. The second-order valence-corrected chi connectivity index (χ2v) is 4.15. The van der Waals surface area contributed by atoms with Gasteiger partial charge in [-0.3, -0.25) is 0 Å². The van der Waals surface area contributed by atoms with Crippen LogP contribution < -0.4 is 14.8 Å². The summed E-state index contributed by atoms with van der Waals surface area (Å²) in [5.74, 6) is 1.37. The molecule has 2 heterocycles. The van der Waals surface area contributed by atoms with Crippen molar-refractivity contribution in [2.75, 3.05) is 12.1 Å². The van der Waals surface area contributed by atoms with Crippen LogP contribution >= 0.6 is 11.6 Å². The molecule has 1 aromatic carbocycles. The number of benzene rings is 1. The highest BCUT2D eigenvalue weighted by Crippen LogP contribution is 2.39. The van der Waals surface area contributed by atoms with Gasteiger partial charge in [-0.25, -0.2) is 9.97 Å². The molecule has 0 aliphatic carbocycles. The molecular formula is C12H10ClN3O2. The number of hydrogen-bond donors (Lipinski definition) is 1. The normalized spacial score (nSPS) is 12.5. The number of halogens is 1. The fourth-order valence-electron chi connectivity index (χ4n) is 1.66. The summed E-state index contributed by atoms with van der Waals surface area (Å²) in [6, 6.07) is 5.41. The Labute approximate surface area is 109 Å². The predicted octanol–water partition coefficient (Wildman–Crippen LogP) is 2.47. The summed E-state index contributed by atoms with van der Waals surface area (Å²) in [5.41, 5.74) is 1.68. The van der Waals surface area contributed by atoms with Gasteiger partial charge in [0.2, 0.25) is 6.79 Å². The van der Waals surface area contributed by atoms with Crippen LogP contribution in [0.25, 0.3) is 0 Å². The van der Waals surface area contributed by atoms with E-state index in [9.17, 15) is 0 Å². The second-order valence-electron chi connectivity index (χ2n) is 3.74. The largest absolute Gasteiger partial charge is 0.454 e. The number of rotatable bonds is 3. The fourth-order valence-corrected chi connectivity index (χ4v) is 1.88. The van der Waals surface area contributed by atoms with Crippen molar-refractivity contribution in [3.05, 3.63) is 41.4 Å². The molecule has 6 heteroatoms. The lowest BCUT2D eigenvalue weighted by atomic mass is 10.2. The molecule has 1 aliphatic heterocycles. The van der Waals surface area contributed by atoms with Crippen molar-refractivity contribution in [3.8, 4) is 11.5 Å². The third-order valence-electron chi connectivity index (χ3n) is 2.57. The van der Waals surface area contributed by atoms with Crippen LogP contribution in [0, 0.1) is 0 Å². The zero-order valence-corrected chi connectivity index (χ0v) is 10.1. The number of aromatic nitrogens is 2. The van der Waals surface area contributed by atoms with Gasteiger partial charge >= 0.3 is 0 Å². The summed E-state index contributed by atoms with van der Waals surface area (Å²) in [6.45, 7) is 0.808. The third-order valence-corrected chi connectivity index (χ3v) is 2.88. The van der Waals surface area contributed by atoms with Crippen LogP contribution in [-0.4, -0.2) is 16.8 Å². The predicted molar refractivity (Wildman–Crippen MR) is 66.9 cm³/mol. The Morgan fingerprint density at radius 1 is 1.28 bits per heavy atom. The van der Waals surface area contributed by atoms with Crippen LogP contribution in [0.15, 0.2) is 30.7 Å². The molecule has 0 saturated carbocycles. The number of nitrogens with zero attached hydrogens (tertiary/aromatic N) is 2. The van der Waals surface area contributed by atoms with Crippen LogP contribution in [0.5, 0.6) is 11.5 Å². The van der Waals surface area contributed by atoms with E-state index in [4.69, 9.17) is 21.1 Å². The molecule has 92 valence electrons. The lowest BCUT2D eigenvalue weighted by molar-refractivity contribution is 0.174. The van der Waals surface area contributed by atoms with Gasteiger partial charge in [-0.1, -0.05) is 11.6 Å². The average molecular weight is 264 g/mol. The van der Waals surface area contributed by atoms with Gasteiger partial charge in [-0.2, -0.15) is 0 Å². The Hall–Kier alpha value is -2.01. The van der Waals surface area contributed by atoms with Crippen molar-refractivity contribution in [1.29, 1.82) is 0 Å². The molecule has 0 spiro atoms. The quantitative estimate of drug-likeness (QED) is 0.922. The molecular weight excluding hydrogens is 254 g/mol. The van der Waals surface area contributed by atoms with E-state index < -0.39 is 0 Å². The molecule has 0 unspecified atom stereocenters. The van der Waals surface area contributed by atoms with E-state index in [1.54, 1.807) is 12.3 Å². The molecule has 5 nitrogen and oxygen atoms in total. The van der Waals surface area contributed by atoms with E-state index in [1.807, 2.05) is 12.1 Å². The van der Waals surface area contributed by atoms with Gasteiger partial charge in [-0.05, 0) is 6.07 Å². The summed E-state index contributed by atoms with van der Waals surface area (Å²) in [4.78, 5) is 7.99. The first kappa shape index (κ1) is 11.1. The van der Waals surface area contributed by atoms with E-state index in [-0.39, 0.29) is 6.79 Å². The summed E-state index contributed by atoms with van der Waals surface area (Å²) in [5, 5.41) is 3.79. The van der Waals surface area contributed by atoms with E-state index in [1.165, 1.54) is 6.33 Å². The monoisotopic (exact) mass is 263 g/mol. The molecule has 0 bridgehead atoms. The topological polar surface area (TPSA) is 56.3 Å². The lowest BCUT2D eigenvalue weighted by Gasteiger charge is -2.08. The van der Waals surface area contributed by atoms with E-state index in [0.29, 0.717) is 23.1 Å². The number of nitrogens with one attached hydrogen (secondary N) is 1. The summed E-state index contributed by atoms with van der Waals surface area (Å²) in [7, 11) is 0. The summed E-state index contributed by atoms with van der Waals surface area (Å²) < 4.78 is 10.5. The van der Waals surface area contributed by atoms with E-state index in [2.05, 4.69) is 15.3 Å². The number of ether oxygens (including phenoxy) is 2. The minimum atomic E-state index is 0.237. The molecule has 0 amide bonds. The first-order chi connectivity index (χ1) is 8.83.